The van der Waals surface area contributed by atoms with Crippen molar-refractivity contribution >= 4 is 10.1 Å². The Morgan fingerprint density at radius 2 is 1.78 bits per heavy atom. The molecule has 0 radical (unpaired) electrons. The van der Waals surface area contributed by atoms with Gasteiger partial charge in [0.2, 0.25) is 0 Å². The Bertz CT molecular complexity index is 742. The van der Waals surface area contributed by atoms with Gasteiger partial charge in [-0.25, -0.2) is 0 Å². The third-order valence-corrected chi connectivity index (χ3v) is 5.45. The van der Waals surface area contributed by atoms with Gasteiger partial charge in [0, 0.05) is 12.6 Å². The van der Waals surface area contributed by atoms with Crippen molar-refractivity contribution < 1.29 is 12.6 Å². The van der Waals surface area contributed by atoms with E-state index in [-0.39, 0.29) is 17.0 Å². The first-order chi connectivity index (χ1) is 11.0. The van der Waals surface area contributed by atoms with Gasteiger partial charge in [0.15, 0.2) is 0 Å². The molecule has 0 aliphatic carbocycles. The second-order valence-electron chi connectivity index (χ2n) is 6.02. The van der Waals surface area contributed by atoms with E-state index >= 15 is 0 Å². The molecule has 0 bridgehead atoms. The molecular weight excluding hydrogens is 310 g/mol. The Kier molecular flexibility index (Phi) is 4.80. The number of hydrogen-bond acceptors (Lipinski definition) is 4. The van der Waals surface area contributed by atoms with E-state index in [1.807, 2.05) is 25.1 Å². The average Bonchev–Trinajstić information content (AvgIpc) is 2.95. The maximum Gasteiger partial charge on any atom is 0.297 e. The summed E-state index contributed by atoms with van der Waals surface area (Å²) in [5, 5.41) is 3.35. The molecule has 3 rings (SSSR count). The Morgan fingerprint density at radius 1 is 1.09 bits per heavy atom. The Labute approximate surface area is 137 Å². The Balaban J connectivity index is 1.60. The van der Waals surface area contributed by atoms with Crippen LogP contribution in [0.2, 0.25) is 0 Å². The topological polar surface area (TPSA) is 55.4 Å². The van der Waals surface area contributed by atoms with E-state index in [2.05, 4.69) is 17.4 Å². The molecule has 1 aliphatic rings. The lowest BCUT2D eigenvalue weighted by Gasteiger charge is -2.12. The fourth-order valence-electron chi connectivity index (χ4n) is 2.85. The summed E-state index contributed by atoms with van der Waals surface area (Å²) in [5.41, 5.74) is 2.27. The summed E-state index contributed by atoms with van der Waals surface area (Å²) >= 11 is 0. The van der Waals surface area contributed by atoms with Gasteiger partial charge in [-0.05, 0) is 37.5 Å². The van der Waals surface area contributed by atoms with Crippen LogP contribution < -0.4 is 5.32 Å². The highest BCUT2D eigenvalue weighted by molar-refractivity contribution is 7.86. The van der Waals surface area contributed by atoms with Crippen molar-refractivity contribution in [3.8, 4) is 0 Å². The fourth-order valence-corrected chi connectivity index (χ4v) is 3.93. The van der Waals surface area contributed by atoms with Crippen LogP contribution in [0.1, 0.15) is 17.5 Å². The molecule has 1 unspecified atom stereocenters. The number of aryl methyl sites for hydroxylation is 1. The highest BCUT2D eigenvalue weighted by Gasteiger charge is 2.29. The van der Waals surface area contributed by atoms with E-state index in [1.54, 1.807) is 24.3 Å². The van der Waals surface area contributed by atoms with Crippen LogP contribution in [-0.4, -0.2) is 27.1 Å². The summed E-state index contributed by atoms with van der Waals surface area (Å²) in [6.45, 7) is 2.48. The number of nitrogens with one attached hydrogen (secondary N) is 1. The predicted octanol–water partition coefficient (Wildman–Crippen LogP) is 2.67. The molecular formula is C18H21NO3S. The Hall–Kier alpha value is -1.69. The molecule has 0 aromatic heterocycles. The van der Waals surface area contributed by atoms with E-state index < -0.39 is 10.1 Å². The quantitative estimate of drug-likeness (QED) is 0.856. The number of benzene rings is 2. The van der Waals surface area contributed by atoms with Crippen LogP contribution in [0.25, 0.3) is 0 Å². The van der Waals surface area contributed by atoms with Crippen molar-refractivity contribution in [2.24, 2.45) is 0 Å². The molecule has 1 aliphatic heterocycles. The lowest BCUT2D eigenvalue weighted by Crippen LogP contribution is -2.24. The van der Waals surface area contributed by atoms with Gasteiger partial charge in [-0.3, -0.25) is 4.18 Å². The molecule has 4 nitrogen and oxygen atoms in total. The zero-order chi connectivity index (χ0) is 16.3. The predicted molar refractivity (Wildman–Crippen MR) is 89.8 cm³/mol. The first-order valence-corrected chi connectivity index (χ1v) is 9.21. The molecule has 0 saturated carbocycles. The van der Waals surface area contributed by atoms with E-state index in [9.17, 15) is 8.42 Å². The van der Waals surface area contributed by atoms with Crippen LogP contribution in [0.15, 0.2) is 59.5 Å². The Morgan fingerprint density at radius 3 is 2.48 bits per heavy atom. The van der Waals surface area contributed by atoms with Crippen molar-refractivity contribution in [3.05, 3.63) is 65.7 Å². The van der Waals surface area contributed by atoms with E-state index in [4.69, 9.17) is 4.18 Å². The summed E-state index contributed by atoms with van der Waals surface area (Å²) in [4.78, 5) is 0.217. The SMILES string of the molecule is Cc1ccc(S(=O)(=O)O[C@@H]2CNC(Cc3ccccc3)C2)cc1. The maximum atomic E-state index is 12.3. The van der Waals surface area contributed by atoms with Gasteiger partial charge in [0.05, 0.1) is 11.0 Å². The molecule has 0 spiro atoms. The van der Waals surface area contributed by atoms with Gasteiger partial charge >= 0.3 is 0 Å². The zero-order valence-electron chi connectivity index (χ0n) is 13.1. The highest BCUT2D eigenvalue weighted by Crippen LogP contribution is 2.21. The third kappa shape index (κ3) is 4.19. The molecule has 1 fully saturated rings. The van der Waals surface area contributed by atoms with Crippen molar-refractivity contribution in [1.82, 2.24) is 5.32 Å². The average molecular weight is 331 g/mol. The summed E-state index contributed by atoms with van der Waals surface area (Å²) in [7, 11) is -3.70. The molecule has 23 heavy (non-hydrogen) atoms. The van der Waals surface area contributed by atoms with E-state index in [1.165, 1.54) is 5.56 Å². The first kappa shape index (κ1) is 16.2. The van der Waals surface area contributed by atoms with Crippen molar-refractivity contribution in [3.63, 3.8) is 0 Å². The lowest BCUT2D eigenvalue weighted by atomic mass is 10.0. The molecule has 1 saturated heterocycles. The van der Waals surface area contributed by atoms with Crippen LogP contribution in [0.3, 0.4) is 0 Å². The van der Waals surface area contributed by atoms with Gasteiger partial charge in [0.25, 0.3) is 10.1 Å². The molecule has 0 amide bonds. The molecule has 122 valence electrons. The minimum Gasteiger partial charge on any atom is -0.311 e. The molecule has 2 atom stereocenters. The van der Waals surface area contributed by atoms with Crippen molar-refractivity contribution in [2.45, 2.75) is 36.8 Å². The molecule has 5 heteroatoms. The minimum absolute atomic E-state index is 0.217. The van der Waals surface area contributed by atoms with E-state index in [0.717, 1.165) is 12.0 Å². The molecule has 1 N–H and O–H groups in total. The van der Waals surface area contributed by atoms with Crippen molar-refractivity contribution in [1.29, 1.82) is 0 Å². The largest absolute Gasteiger partial charge is 0.311 e. The summed E-state index contributed by atoms with van der Waals surface area (Å²) in [5.74, 6) is 0. The van der Waals surface area contributed by atoms with Gasteiger partial charge < -0.3 is 5.32 Å². The standard InChI is InChI=1S/C18H21NO3S/c1-14-7-9-18(10-8-14)23(20,21)22-17-12-16(19-13-17)11-15-5-3-2-4-6-15/h2-10,16-17,19H,11-13H2,1H3/t16?,17-/m0/s1. The van der Waals surface area contributed by atoms with Crippen LogP contribution >= 0.6 is 0 Å². The second kappa shape index (κ2) is 6.83. The molecule has 1 heterocycles. The summed E-state index contributed by atoms with van der Waals surface area (Å²) in [6.07, 6.45) is 1.26. The monoisotopic (exact) mass is 331 g/mol. The second-order valence-corrected chi connectivity index (χ2v) is 7.59. The molecule has 2 aromatic carbocycles. The number of hydrogen-bond donors (Lipinski definition) is 1. The number of rotatable bonds is 5. The smallest absolute Gasteiger partial charge is 0.297 e. The van der Waals surface area contributed by atoms with Gasteiger partial charge in [-0.2, -0.15) is 8.42 Å². The first-order valence-electron chi connectivity index (χ1n) is 7.80. The third-order valence-electron chi connectivity index (χ3n) is 4.08. The normalized spacial score (nSPS) is 21.4. The zero-order valence-corrected chi connectivity index (χ0v) is 13.9. The van der Waals surface area contributed by atoms with Crippen LogP contribution in [-0.2, 0) is 20.7 Å². The van der Waals surface area contributed by atoms with Crippen LogP contribution in [0.4, 0.5) is 0 Å². The summed E-state index contributed by atoms with van der Waals surface area (Å²) in [6, 6.07) is 17.2. The summed E-state index contributed by atoms with van der Waals surface area (Å²) < 4.78 is 30.0. The van der Waals surface area contributed by atoms with Gasteiger partial charge in [0.1, 0.15) is 0 Å². The van der Waals surface area contributed by atoms with Crippen LogP contribution in [0, 0.1) is 6.92 Å². The molecule has 2 aromatic rings. The van der Waals surface area contributed by atoms with Crippen molar-refractivity contribution in [2.75, 3.05) is 6.54 Å². The minimum atomic E-state index is -3.70. The van der Waals surface area contributed by atoms with Gasteiger partial charge in [-0.15, -0.1) is 0 Å². The van der Waals surface area contributed by atoms with Crippen LogP contribution in [0.5, 0.6) is 0 Å². The van der Waals surface area contributed by atoms with Gasteiger partial charge in [-0.1, -0.05) is 48.0 Å². The van der Waals surface area contributed by atoms with E-state index in [0.29, 0.717) is 13.0 Å². The maximum absolute atomic E-state index is 12.3. The fraction of sp³-hybridized carbons (Fsp3) is 0.333. The highest BCUT2D eigenvalue weighted by atomic mass is 32.2. The lowest BCUT2D eigenvalue weighted by molar-refractivity contribution is 0.227.